The monoisotopic (exact) mass is 187 g/mol. The number of carboxylic acids is 1. The van der Waals surface area contributed by atoms with E-state index in [1.807, 2.05) is 13.8 Å². The molecule has 1 aliphatic heterocycles. The van der Waals surface area contributed by atoms with Crippen LogP contribution in [0.5, 0.6) is 0 Å². The predicted octanol–water partition coefficient (Wildman–Crippen LogP) is 1.34. The molecule has 0 amide bonds. The van der Waals surface area contributed by atoms with Gasteiger partial charge in [-0.25, -0.2) is 0 Å². The van der Waals surface area contributed by atoms with E-state index in [0.717, 1.165) is 0 Å². The van der Waals surface area contributed by atoms with E-state index in [0.29, 0.717) is 6.42 Å². The SMILES string of the molecule is CC1(C)C[C@@H](C(=O)O)C(C)(C)N1O. The first-order chi connectivity index (χ1) is 5.69. The Bertz CT molecular complexity index is 235. The van der Waals surface area contributed by atoms with Crippen LogP contribution in [0.2, 0.25) is 0 Å². The van der Waals surface area contributed by atoms with Gasteiger partial charge in [-0.1, -0.05) is 0 Å². The van der Waals surface area contributed by atoms with Crippen molar-refractivity contribution in [3.63, 3.8) is 0 Å². The Labute approximate surface area is 78.1 Å². The molecular formula is C9H17NO3. The molecule has 1 heterocycles. The highest BCUT2D eigenvalue weighted by Crippen LogP contribution is 2.43. The van der Waals surface area contributed by atoms with Crippen LogP contribution in [0.1, 0.15) is 34.1 Å². The van der Waals surface area contributed by atoms with Crippen LogP contribution < -0.4 is 0 Å². The summed E-state index contributed by atoms with van der Waals surface area (Å²) in [7, 11) is 0. The maximum atomic E-state index is 10.9. The van der Waals surface area contributed by atoms with Crippen molar-refractivity contribution in [2.45, 2.75) is 45.2 Å². The van der Waals surface area contributed by atoms with E-state index in [2.05, 4.69) is 0 Å². The Morgan fingerprint density at radius 2 is 1.85 bits per heavy atom. The van der Waals surface area contributed by atoms with Crippen LogP contribution in [0.3, 0.4) is 0 Å². The summed E-state index contributed by atoms with van der Waals surface area (Å²) in [5.74, 6) is -1.35. The lowest BCUT2D eigenvalue weighted by atomic mass is 9.87. The highest BCUT2D eigenvalue weighted by Gasteiger charge is 2.54. The predicted molar refractivity (Wildman–Crippen MR) is 47.5 cm³/mol. The Hall–Kier alpha value is -0.610. The number of aliphatic carboxylic acids is 1. The molecule has 0 saturated carbocycles. The van der Waals surface area contributed by atoms with E-state index in [4.69, 9.17) is 5.11 Å². The Morgan fingerprint density at radius 3 is 2.00 bits per heavy atom. The number of hydroxylamine groups is 2. The molecule has 0 radical (unpaired) electrons. The van der Waals surface area contributed by atoms with Crippen molar-refractivity contribution in [1.29, 1.82) is 0 Å². The summed E-state index contributed by atoms with van der Waals surface area (Å²) in [5, 5.41) is 19.9. The minimum absolute atomic E-state index is 0.452. The minimum atomic E-state index is -0.838. The van der Waals surface area contributed by atoms with Crippen molar-refractivity contribution in [3.8, 4) is 0 Å². The Morgan fingerprint density at radius 1 is 1.38 bits per heavy atom. The molecule has 1 saturated heterocycles. The molecule has 13 heavy (non-hydrogen) atoms. The minimum Gasteiger partial charge on any atom is -0.481 e. The van der Waals surface area contributed by atoms with Crippen LogP contribution in [-0.4, -0.2) is 32.4 Å². The van der Waals surface area contributed by atoms with Crippen molar-refractivity contribution in [1.82, 2.24) is 5.06 Å². The number of nitrogens with zero attached hydrogens (tertiary/aromatic N) is 1. The fraction of sp³-hybridized carbons (Fsp3) is 0.889. The van der Waals surface area contributed by atoms with Crippen LogP contribution in [0.15, 0.2) is 0 Å². The number of carbonyl (C=O) groups is 1. The Kier molecular flexibility index (Phi) is 2.16. The van der Waals surface area contributed by atoms with Gasteiger partial charge in [0.25, 0.3) is 0 Å². The first kappa shape index (κ1) is 10.5. The standard InChI is InChI=1S/C9H17NO3/c1-8(2)5-6(7(11)12)9(3,4)10(8)13/h6,13H,5H2,1-4H3,(H,11,12)/t6-/m0/s1. The van der Waals surface area contributed by atoms with Crippen LogP contribution in [0.25, 0.3) is 0 Å². The summed E-state index contributed by atoms with van der Waals surface area (Å²) >= 11 is 0. The van der Waals surface area contributed by atoms with Gasteiger partial charge in [0.15, 0.2) is 0 Å². The third-order valence-corrected chi connectivity index (χ3v) is 2.97. The topological polar surface area (TPSA) is 60.8 Å². The number of hydrogen-bond donors (Lipinski definition) is 2. The zero-order chi connectivity index (χ0) is 10.4. The summed E-state index contributed by atoms with van der Waals surface area (Å²) in [6, 6.07) is 0. The lowest BCUT2D eigenvalue weighted by Crippen LogP contribution is -2.48. The smallest absolute Gasteiger partial charge is 0.308 e. The molecule has 1 rings (SSSR count). The highest BCUT2D eigenvalue weighted by atomic mass is 16.5. The second-order valence-corrected chi connectivity index (χ2v) is 4.87. The number of hydrogen-bond acceptors (Lipinski definition) is 3. The number of rotatable bonds is 1. The van der Waals surface area contributed by atoms with E-state index in [1.165, 1.54) is 5.06 Å². The molecule has 4 heteroatoms. The van der Waals surface area contributed by atoms with Crippen LogP contribution >= 0.6 is 0 Å². The van der Waals surface area contributed by atoms with Gasteiger partial charge in [-0.3, -0.25) is 4.79 Å². The largest absolute Gasteiger partial charge is 0.481 e. The third-order valence-electron chi connectivity index (χ3n) is 2.97. The molecule has 0 spiro atoms. The molecule has 0 aromatic rings. The molecular weight excluding hydrogens is 170 g/mol. The summed E-state index contributed by atoms with van der Waals surface area (Å²) < 4.78 is 0. The first-order valence-electron chi connectivity index (χ1n) is 4.41. The van der Waals surface area contributed by atoms with Gasteiger partial charge in [-0.2, -0.15) is 5.06 Å². The second-order valence-electron chi connectivity index (χ2n) is 4.87. The summed E-state index contributed by atoms with van der Waals surface area (Å²) in [4.78, 5) is 10.9. The quantitative estimate of drug-likeness (QED) is 0.650. The molecule has 2 N–H and O–H groups in total. The number of carboxylic acid groups (broad SMARTS) is 1. The van der Waals surface area contributed by atoms with Gasteiger partial charge in [-0.05, 0) is 34.1 Å². The van der Waals surface area contributed by atoms with Gasteiger partial charge in [0.05, 0.1) is 11.5 Å². The molecule has 0 bridgehead atoms. The molecule has 1 aliphatic rings. The van der Waals surface area contributed by atoms with E-state index >= 15 is 0 Å². The molecule has 0 aromatic heterocycles. The maximum Gasteiger partial charge on any atom is 0.308 e. The first-order valence-corrected chi connectivity index (χ1v) is 4.41. The van der Waals surface area contributed by atoms with Gasteiger partial charge < -0.3 is 10.3 Å². The van der Waals surface area contributed by atoms with Crippen LogP contribution in [-0.2, 0) is 4.79 Å². The molecule has 4 nitrogen and oxygen atoms in total. The van der Waals surface area contributed by atoms with Crippen molar-refractivity contribution in [2.75, 3.05) is 0 Å². The van der Waals surface area contributed by atoms with Gasteiger partial charge in [0.1, 0.15) is 0 Å². The molecule has 76 valence electrons. The summed E-state index contributed by atoms with van der Waals surface area (Å²) in [6.45, 7) is 7.19. The average molecular weight is 187 g/mol. The maximum absolute atomic E-state index is 10.9. The summed E-state index contributed by atoms with van der Waals surface area (Å²) in [5.41, 5.74) is -1.14. The Balaban J connectivity index is 3.00. The van der Waals surface area contributed by atoms with Gasteiger partial charge in [-0.15, -0.1) is 0 Å². The van der Waals surface area contributed by atoms with Crippen molar-refractivity contribution in [3.05, 3.63) is 0 Å². The van der Waals surface area contributed by atoms with Gasteiger partial charge >= 0.3 is 5.97 Å². The van der Waals surface area contributed by atoms with Crippen molar-refractivity contribution >= 4 is 5.97 Å². The fourth-order valence-corrected chi connectivity index (χ4v) is 2.15. The van der Waals surface area contributed by atoms with E-state index in [-0.39, 0.29) is 0 Å². The zero-order valence-electron chi connectivity index (χ0n) is 8.53. The highest BCUT2D eigenvalue weighted by molar-refractivity contribution is 5.72. The van der Waals surface area contributed by atoms with Gasteiger partial charge in [0.2, 0.25) is 0 Å². The van der Waals surface area contributed by atoms with E-state index in [9.17, 15) is 10.0 Å². The molecule has 1 fully saturated rings. The second kappa shape index (κ2) is 2.69. The third kappa shape index (κ3) is 1.44. The van der Waals surface area contributed by atoms with Crippen molar-refractivity contribution in [2.24, 2.45) is 5.92 Å². The van der Waals surface area contributed by atoms with E-state index < -0.39 is 23.0 Å². The van der Waals surface area contributed by atoms with Crippen molar-refractivity contribution < 1.29 is 15.1 Å². The van der Waals surface area contributed by atoms with Crippen LogP contribution in [0.4, 0.5) is 0 Å². The molecule has 1 atom stereocenters. The van der Waals surface area contributed by atoms with E-state index in [1.54, 1.807) is 13.8 Å². The lowest BCUT2D eigenvalue weighted by Gasteiger charge is -2.34. The zero-order valence-corrected chi connectivity index (χ0v) is 8.53. The summed E-state index contributed by atoms with van der Waals surface area (Å²) in [6.07, 6.45) is 0.478. The average Bonchev–Trinajstić information content (AvgIpc) is 2.11. The molecule has 0 aromatic carbocycles. The van der Waals surface area contributed by atoms with Gasteiger partial charge in [0, 0.05) is 5.54 Å². The van der Waals surface area contributed by atoms with Crippen LogP contribution in [0, 0.1) is 5.92 Å². The molecule has 0 unspecified atom stereocenters. The lowest BCUT2D eigenvalue weighted by molar-refractivity contribution is -0.199. The fourth-order valence-electron chi connectivity index (χ4n) is 2.15. The normalized spacial score (nSPS) is 31.9. The molecule has 0 aliphatic carbocycles.